The molecule has 2 aromatic carbocycles. The van der Waals surface area contributed by atoms with Crippen molar-refractivity contribution in [2.75, 3.05) is 39.8 Å². The second-order valence-corrected chi connectivity index (χ2v) is 6.81. The molecule has 0 aliphatic carbocycles. The third-order valence-electron chi connectivity index (χ3n) is 5.16. The lowest BCUT2D eigenvalue weighted by atomic mass is 9.88. The van der Waals surface area contributed by atoms with Gasteiger partial charge in [-0.3, -0.25) is 4.90 Å². The molecule has 3 nitrogen and oxygen atoms in total. The van der Waals surface area contributed by atoms with Crippen LogP contribution in [-0.2, 0) is 6.42 Å². The van der Waals surface area contributed by atoms with Gasteiger partial charge >= 0.3 is 0 Å². The van der Waals surface area contributed by atoms with Gasteiger partial charge in [0.1, 0.15) is 0 Å². The summed E-state index contributed by atoms with van der Waals surface area (Å²) in [6, 6.07) is 15.3. The molecule has 22 heavy (non-hydrogen) atoms. The summed E-state index contributed by atoms with van der Waals surface area (Å²) in [4.78, 5) is 4.97. The molecule has 0 bridgehead atoms. The van der Waals surface area contributed by atoms with Crippen LogP contribution in [0.1, 0.15) is 12.5 Å². The van der Waals surface area contributed by atoms with E-state index in [4.69, 9.17) is 5.73 Å². The van der Waals surface area contributed by atoms with Crippen LogP contribution in [0.3, 0.4) is 0 Å². The van der Waals surface area contributed by atoms with Gasteiger partial charge in [-0.15, -0.1) is 0 Å². The molecule has 1 heterocycles. The van der Waals surface area contributed by atoms with Crippen molar-refractivity contribution in [2.45, 2.75) is 18.9 Å². The largest absolute Gasteiger partial charge is 0.329 e. The maximum absolute atomic E-state index is 6.21. The van der Waals surface area contributed by atoms with E-state index in [1.165, 1.54) is 16.3 Å². The van der Waals surface area contributed by atoms with Gasteiger partial charge in [-0.25, -0.2) is 0 Å². The van der Waals surface area contributed by atoms with Gasteiger partial charge in [-0.2, -0.15) is 0 Å². The highest BCUT2D eigenvalue weighted by molar-refractivity contribution is 5.85. The van der Waals surface area contributed by atoms with E-state index in [2.05, 4.69) is 66.2 Å². The Morgan fingerprint density at radius 3 is 2.41 bits per heavy atom. The molecule has 1 atom stereocenters. The van der Waals surface area contributed by atoms with Crippen molar-refractivity contribution in [1.82, 2.24) is 9.80 Å². The second kappa shape index (κ2) is 6.37. The predicted octanol–water partition coefficient (Wildman–Crippen LogP) is 2.35. The average Bonchev–Trinajstić information content (AvgIpc) is 2.55. The van der Waals surface area contributed by atoms with E-state index in [-0.39, 0.29) is 5.54 Å². The number of hydrogen-bond donors (Lipinski definition) is 1. The highest BCUT2D eigenvalue weighted by Gasteiger charge is 2.32. The Hall–Kier alpha value is -1.42. The normalized spacial score (nSPS) is 20.1. The van der Waals surface area contributed by atoms with Crippen molar-refractivity contribution in [1.29, 1.82) is 0 Å². The summed E-state index contributed by atoms with van der Waals surface area (Å²) in [6.07, 6.45) is 1.01. The first kappa shape index (κ1) is 15.5. The lowest BCUT2D eigenvalue weighted by Crippen LogP contribution is -2.59. The van der Waals surface area contributed by atoms with Crippen molar-refractivity contribution in [3.63, 3.8) is 0 Å². The quantitative estimate of drug-likeness (QED) is 0.940. The van der Waals surface area contributed by atoms with Gasteiger partial charge in [0.2, 0.25) is 0 Å². The molecule has 0 amide bonds. The molecule has 0 radical (unpaired) electrons. The molecule has 3 rings (SSSR count). The number of rotatable bonds is 4. The Morgan fingerprint density at radius 2 is 1.68 bits per heavy atom. The number of nitrogens with two attached hydrogens (primary N) is 1. The minimum Gasteiger partial charge on any atom is -0.329 e. The number of fused-ring (bicyclic) bond motifs is 1. The van der Waals surface area contributed by atoms with Crippen LogP contribution in [0, 0.1) is 0 Å². The molecule has 1 fully saturated rings. The minimum absolute atomic E-state index is 0.0331. The summed E-state index contributed by atoms with van der Waals surface area (Å²) in [6.45, 7) is 7.49. The maximum Gasteiger partial charge on any atom is 0.0345 e. The smallest absolute Gasteiger partial charge is 0.0345 e. The topological polar surface area (TPSA) is 32.5 Å². The average molecular weight is 297 g/mol. The van der Waals surface area contributed by atoms with Gasteiger partial charge < -0.3 is 10.6 Å². The van der Waals surface area contributed by atoms with E-state index in [0.29, 0.717) is 6.54 Å². The van der Waals surface area contributed by atoms with E-state index in [1.54, 1.807) is 0 Å². The number of nitrogens with zero attached hydrogens (tertiary/aromatic N) is 2. The maximum atomic E-state index is 6.21. The summed E-state index contributed by atoms with van der Waals surface area (Å²) in [5.74, 6) is 0. The Bertz CT molecular complexity index is 626. The second-order valence-electron chi connectivity index (χ2n) is 6.81. The molecular weight excluding hydrogens is 270 g/mol. The first-order valence-electron chi connectivity index (χ1n) is 8.23. The zero-order chi connectivity index (χ0) is 15.6. The fourth-order valence-electron chi connectivity index (χ4n) is 3.52. The number of piperazine rings is 1. The van der Waals surface area contributed by atoms with Crippen LogP contribution >= 0.6 is 0 Å². The lowest BCUT2D eigenvalue weighted by molar-refractivity contribution is 0.0561. The van der Waals surface area contributed by atoms with Gasteiger partial charge in [0.05, 0.1) is 0 Å². The van der Waals surface area contributed by atoms with Crippen LogP contribution in [-0.4, -0.2) is 55.1 Å². The van der Waals surface area contributed by atoms with Gasteiger partial charge in [0.15, 0.2) is 0 Å². The van der Waals surface area contributed by atoms with Crippen molar-refractivity contribution in [2.24, 2.45) is 5.73 Å². The van der Waals surface area contributed by atoms with Crippen LogP contribution in [0.25, 0.3) is 10.8 Å². The summed E-state index contributed by atoms with van der Waals surface area (Å²) in [7, 11) is 2.20. The molecule has 1 saturated heterocycles. The Kier molecular flexibility index (Phi) is 4.48. The molecule has 0 aromatic heterocycles. The fraction of sp³-hybridized carbons (Fsp3) is 0.474. The van der Waals surface area contributed by atoms with Crippen molar-refractivity contribution < 1.29 is 0 Å². The van der Waals surface area contributed by atoms with Crippen LogP contribution in [0.15, 0.2) is 42.5 Å². The molecule has 1 aliphatic rings. The minimum atomic E-state index is 0.0331. The van der Waals surface area contributed by atoms with E-state index in [9.17, 15) is 0 Å². The van der Waals surface area contributed by atoms with Gasteiger partial charge in [0.25, 0.3) is 0 Å². The molecular formula is C19H27N3. The van der Waals surface area contributed by atoms with E-state index in [1.807, 2.05) is 0 Å². The van der Waals surface area contributed by atoms with Crippen molar-refractivity contribution >= 4 is 10.8 Å². The molecule has 2 aromatic rings. The van der Waals surface area contributed by atoms with E-state index >= 15 is 0 Å². The van der Waals surface area contributed by atoms with Gasteiger partial charge in [0, 0.05) is 38.3 Å². The molecule has 2 N–H and O–H groups in total. The first-order valence-corrected chi connectivity index (χ1v) is 8.23. The third-order valence-corrected chi connectivity index (χ3v) is 5.16. The number of benzene rings is 2. The monoisotopic (exact) mass is 297 g/mol. The summed E-state index contributed by atoms with van der Waals surface area (Å²) >= 11 is 0. The zero-order valence-corrected chi connectivity index (χ0v) is 13.8. The predicted molar refractivity (Wildman–Crippen MR) is 94.2 cm³/mol. The summed E-state index contributed by atoms with van der Waals surface area (Å²) < 4.78 is 0. The van der Waals surface area contributed by atoms with Gasteiger partial charge in [-0.1, -0.05) is 42.5 Å². The van der Waals surface area contributed by atoms with Crippen molar-refractivity contribution in [3.8, 4) is 0 Å². The fourth-order valence-corrected chi connectivity index (χ4v) is 3.52. The zero-order valence-electron chi connectivity index (χ0n) is 13.8. The third kappa shape index (κ3) is 3.02. The first-order chi connectivity index (χ1) is 10.6. The number of hydrogen-bond acceptors (Lipinski definition) is 3. The highest BCUT2D eigenvalue weighted by Crippen LogP contribution is 2.26. The summed E-state index contributed by atoms with van der Waals surface area (Å²) in [5, 5.41) is 2.68. The Morgan fingerprint density at radius 1 is 1.00 bits per heavy atom. The van der Waals surface area contributed by atoms with Crippen LogP contribution < -0.4 is 5.73 Å². The molecule has 0 saturated carbocycles. The van der Waals surface area contributed by atoms with Gasteiger partial charge in [-0.05, 0) is 36.7 Å². The highest BCUT2D eigenvalue weighted by atomic mass is 15.3. The Balaban J connectivity index is 1.87. The van der Waals surface area contributed by atoms with Crippen molar-refractivity contribution in [3.05, 3.63) is 48.0 Å². The van der Waals surface area contributed by atoms with Crippen LogP contribution in [0.4, 0.5) is 0 Å². The lowest BCUT2D eigenvalue weighted by Gasteiger charge is -2.45. The number of likely N-dealkylation sites (N-methyl/N-ethyl adjacent to an activating group) is 1. The van der Waals surface area contributed by atoms with Crippen LogP contribution in [0.2, 0.25) is 0 Å². The molecule has 1 unspecified atom stereocenters. The van der Waals surface area contributed by atoms with E-state index < -0.39 is 0 Å². The summed E-state index contributed by atoms with van der Waals surface area (Å²) in [5.41, 5.74) is 7.65. The molecule has 0 spiro atoms. The Labute approximate surface area is 133 Å². The molecule has 118 valence electrons. The molecule has 1 aliphatic heterocycles. The van der Waals surface area contributed by atoms with E-state index in [0.717, 1.165) is 32.6 Å². The standard InChI is InChI=1S/C19H27N3/c1-19(15-20,22-12-10-21(2)11-13-22)14-17-8-5-7-16-6-3-4-9-18(16)17/h3-9H,10-15,20H2,1-2H3. The SMILES string of the molecule is CN1CCN(C(C)(CN)Cc2cccc3ccccc23)CC1. The molecule has 3 heteroatoms. The van der Waals surface area contributed by atoms with Crippen LogP contribution in [0.5, 0.6) is 0 Å².